The van der Waals surface area contributed by atoms with Gasteiger partial charge in [-0.1, -0.05) is 36.5 Å². The number of Topliss-reactive ketones (excluding diaryl/α,β-unsaturated/α-hetero) is 1. The third kappa shape index (κ3) is 3.75. The van der Waals surface area contributed by atoms with Crippen LogP contribution in [0.25, 0.3) is 0 Å². The number of hydrogen-bond donors (Lipinski definition) is 0. The van der Waals surface area contributed by atoms with Gasteiger partial charge in [-0.05, 0) is 41.8 Å². The summed E-state index contributed by atoms with van der Waals surface area (Å²) in [7, 11) is 1.61. The minimum atomic E-state index is 0.145. The third-order valence-electron chi connectivity index (χ3n) is 3.17. The van der Waals surface area contributed by atoms with Crippen LogP contribution in [0.1, 0.15) is 27.9 Å². The Labute approximate surface area is 124 Å². The Morgan fingerprint density at radius 1 is 1.10 bits per heavy atom. The molecule has 0 aromatic heterocycles. The van der Waals surface area contributed by atoms with Crippen LogP contribution in [-0.4, -0.2) is 18.3 Å². The molecule has 0 aliphatic heterocycles. The number of aryl methyl sites for hydroxylation is 1. The molecule has 3 heteroatoms. The van der Waals surface area contributed by atoms with Crippen LogP contribution >= 0.6 is 12.2 Å². The lowest BCUT2D eigenvalue weighted by Crippen LogP contribution is -2.01. The molecule has 0 saturated carbocycles. The zero-order valence-electron chi connectivity index (χ0n) is 11.3. The van der Waals surface area contributed by atoms with Gasteiger partial charge >= 0.3 is 0 Å². The number of thiocarbonyl (C=S) groups is 1. The summed E-state index contributed by atoms with van der Waals surface area (Å²) in [5.74, 6) is 0.906. The number of methoxy groups -OCH3 is 1. The van der Waals surface area contributed by atoms with Gasteiger partial charge in [0.1, 0.15) is 5.75 Å². The molecule has 0 radical (unpaired) electrons. The molecule has 2 nitrogen and oxygen atoms in total. The first-order valence-corrected chi connectivity index (χ1v) is 6.91. The number of rotatable bonds is 6. The van der Waals surface area contributed by atoms with Crippen LogP contribution in [0.5, 0.6) is 5.75 Å². The molecule has 2 aromatic rings. The molecule has 0 fully saturated rings. The van der Waals surface area contributed by atoms with Gasteiger partial charge in [-0.3, -0.25) is 4.79 Å². The summed E-state index contributed by atoms with van der Waals surface area (Å²) >= 11 is 4.86. The number of carbonyl (C=O) groups excluding carboxylic acids is 1. The van der Waals surface area contributed by atoms with Crippen molar-refractivity contribution in [2.75, 3.05) is 7.11 Å². The number of hydrogen-bond acceptors (Lipinski definition) is 3. The second kappa shape index (κ2) is 6.96. The number of benzene rings is 2. The Hall–Kier alpha value is -2.00. The van der Waals surface area contributed by atoms with E-state index in [1.54, 1.807) is 36.7 Å². The molecule has 0 heterocycles. The fourth-order valence-electron chi connectivity index (χ4n) is 1.94. The molecule has 0 atom stereocenters. The van der Waals surface area contributed by atoms with E-state index in [0.29, 0.717) is 6.42 Å². The summed E-state index contributed by atoms with van der Waals surface area (Å²) in [4.78, 5) is 12.1. The van der Waals surface area contributed by atoms with Crippen molar-refractivity contribution < 1.29 is 9.53 Å². The van der Waals surface area contributed by atoms with E-state index < -0.39 is 0 Å². The van der Waals surface area contributed by atoms with Crippen LogP contribution in [0.3, 0.4) is 0 Å². The predicted molar refractivity (Wildman–Crippen MR) is 84.8 cm³/mol. The van der Waals surface area contributed by atoms with Gasteiger partial charge in [0.05, 0.1) is 7.11 Å². The fourth-order valence-corrected chi connectivity index (χ4v) is 2.10. The highest BCUT2D eigenvalue weighted by Crippen LogP contribution is 2.14. The van der Waals surface area contributed by atoms with Crippen LogP contribution in [0.15, 0.2) is 48.5 Å². The largest absolute Gasteiger partial charge is 0.497 e. The summed E-state index contributed by atoms with van der Waals surface area (Å²) in [6.07, 6.45) is 1.24. The standard InChI is InChI=1S/C17H16O2S/c1-19-16-9-7-15(8-10-16)17(18)11-6-13-2-4-14(12-20)5-3-13/h2-5,7-10,12H,6,11H2,1H3. The first-order valence-electron chi connectivity index (χ1n) is 6.44. The molecule has 0 saturated heterocycles. The van der Waals surface area contributed by atoms with Gasteiger partial charge in [-0.2, -0.15) is 0 Å². The molecule has 20 heavy (non-hydrogen) atoms. The van der Waals surface area contributed by atoms with Crippen molar-refractivity contribution in [2.45, 2.75) is 12.8 Å². The van der Waals surface area contributed by atoms with E-state index >= 15 is 0 Å². The molecule has 0 amide bonds. The molecular formula is C17H16O2S. The molecule has 2 rings (SSSR count). The lowest BCUT2D eigenvalue weighted by Gasteiger charge is -2.04. The minimum absolute atomic E-state index is 0.145. The van der Waals surface area contributed by atoms with Crippen molar-refractivity contribution in [3.8, 4) is 5.75 Å². The molecule has 0 unspecified atom stereocenters. The highest BCUT2D eigenvalue weighted by molar-refractivity contribution is 7.79. The summed E-state index contributed by atoms with van der Waals surface area (Å²) in [5.41, 5.74) is 2.89. The van der Waals surface area contributed by atoms with Crippen LogP contribution in [0.4, 0.5) is 0 Å². The Kier molecular flexibility index (Phi) is 5.02. The maximum Gasteiger partial charge on any atom is 0.163 e. The quantitative estimate of drug-likeness (QED) is 0.595. The number of ether oxygens (including phenoxy) is 1. The van der Waals surface area contributed by atoms with E-state index in [2.05, 4.69) is 0 Å². The van der Waals surface area contributed by atoms with Crippen LogP contribution in [0, 0.1) is 0 Å². The summed E-state index contributed by atoms with van der Waals surface area (Å²) in [6.45, 7) is 0. The Morgan fingerprint density at radius 3 is 2.30 bits per heavy atom. The fraction of sp³-hybridized carbons (Fsp3) is 0.176. The summed E-state index contributed by atoms with van der Waals surface area (Å²) in [5, 5.41) is 1.65. The van der Waals surface area contributed by atoms with Crippen molar-refractivity contribution in [1.29, 1.82) is 0 Å². The smallest absolute Gasteiger partial charge is 0.163 e. The molecule has 0 bridgehead atoms. The van der Waals surface area contributed by atoms with Crippen molar-refractivity contribution >= 4 is 23.4 Å². The SMILES string of the molecule is COc1ccc(C(=O)CCc2ccc(C=S)cc2)cc1. The topological polar surface area (TPSA) is 26.3 Å². The highest BCUT2D eigenvalue weighted by atomic mass is 32.1. The van der Waals surface area contributed by atoms with Crippen molar-refractivity contribution in [3.63, 3.8) is 0 Å². The van der Waals surface area contributed by atoms with E-state index in [9.17, 15) is 4.79 Å². The molecule has 102 valence electrons. The molecule has 0 spiro atoms. The predicted octanol–water partition coefficient (Wildman–Crippen LogP) is 3.86. The zero-order chi connectivity index (χ0) is 14.4. The van der Waals surface area contributed by atoms with E-state index in [1.807, 2.05) is 24.3 Å². The molecule has 0 N–H and O–H groups in total. The maximum absolute atomic E-state index is 12.1. The monoisotopic (exact) mass is 284 g/mol. The van der Waals surface area contributed by atoms with E-state index in [4.69, 9.17) is 17.0 Å². The molecular weight excluding hydrogens is 268 g/mol. The highest BCUT2D eigenvalue weighted by Gasteiger charge is 2.06. The lowest BCUT2D eigenvalue weighted by atomic mass is 10.0. The second-order valence-electron chi connectivity index (χ2n) is 4.51. The van der Waals surface area contributed by atoms with Gasteiger partial charge in [0, 0.05) is 17.4 Å². The minimum Gasteiger partial charge on any atom is -0.497 e. The molecule has 0 aliphatic rings. The average Bonchev–Trinajstić information content (AvgIpc) is 2.53. The van der Waals surface area contributed by atoms with Gasteiger partial charge in [0.25, 0.3) is 0 Å². The van der Waals surface area contributed by atoms with Crippen LogP contribution < -0.4 is 4.74 Å². The lowest BCUT2D eigenvalue weighted by molar-refractivity contribution is 0.0983. The van der Waals surface area contributed by atoms with E-state index in [-0.39, 0.29) is 5.78 Å². The summed E-state index contributed by atoms with van der Waals surface area (Å²) in [6, 6.07) is 15.2. The Balaban J connectivity index is 1.94. The van der Waals surface area contributed by atoms with Crippen LogP contribution in [-0.2, 0) is 6.42 Å². The third-order valence-corrected chi connectivity index (χ3v) is 3.44. The van der Waals surface area contributed by atoms with Crippen molar-refractivity contribution in [1.82, 2.24) is 0 Å². The van der Waals surface area contributed by atoms with Gasteiger partial charge in [0.15, 0.2) is 5.78 Å². The second-order valence-corrected chi connectivity index (χ2v) is 4.75. The van der Waals surface area contributed by atoms with E-state index in [0.717, 1.165) is 28.9 Å². The van der Waals surface area contributed by atoms with E-state index in [1.165, 1.54) is 0 Å². The zero-order valence-corrected chi connectivity index (χ0v) is 12.2. The number of ketones is 1. The molecule has 2 aromatic carbocycles. The summed E-state index contributed by atoms with van der Waals surface area (Å²) < 4.78 is 5.08. The van der Waals surface area contributed by atoms with Crippen molar-refractivity contribution in [3.05, 3.63) is 65.2 Å². The van der Waals surface area contributed by atoms with Gasteiger partial charge < -0.3 is 4.74 Å². The van der Waals surface area contributed by atoms with Crippen molar-refractivity contribution in [2.24, 2.45) is 0 Å². The van der Waals surface area contributed by atoms with Crippen LogP contribution in [0.2, 0.25) is 0 Å². The normalized spacial score (nSPS) is 10.1. The van der Waals surface area contributed by atoms with Gasteiger partial charge in [0.2, 0.25) is 0 Å². The Morgan fingerprint density at radius 2 is 1.75 bits per heavy atom. The average molecular weight is 284 g/mol. The van der Waals surface area contributed by atoms with Gasteiger partial charge in [-0.15, -0.1) is 0 Å². The van der Waals surface area contributed by atoms with Gasteiger partial charge in [-0.25, -0.2) is 0 Å². The Bertz CT molecular complexity index is 585. The maximum atomic E-state index is 12.1. The first-order chi connectivity index (χ1) is 9.72. The molecule has 0 aliphatic carbocycles. The number of carbonyl (C=O) groups is 1. The first kappa shape index (κ1) is 14.4.